The fourth-order valence-electron chi connectivity index (χ4n) is 2.74. The minimum Gasteiger partial charge on any atom is -0.454 e. The molecule has 6 heteroatoms. The molecule has 0 aromatic carbocycles. The highest BCUT2D eigenvalue weighted by atomic mass is 16.5. The zero-order valence-corrected chi connectivity index (χ0v) is 11.3. The Morgan fingerprint density at radius 1 is 1.45 bits per heavy atom. The first kappa shape index (κ1) is 12.8. The molecule has 1 aromatic heterocycles. The number of esters is 1. The van der Waals surface area contributed by atoms with Crippen molar-refractivity contribution in [3.8, 4) is 0 Å². The monoisotopic (exact) mass is 274 g/mol. The number of allylic oxidation sites excluding steroid dienone is 2. The quantitative estimate of drug-likeness (QED) is 0.727. The lowest BCUT2D eigenvalue weighted by Gasteiger charge is -2.24. The van der Waals surface area contributed by atoms with Crippen molar-refractivity contribution in [1.82, 2.24) is 9.55 Å². The molecule has 0 bridgehead atoms. The van der Waals surface area contributed by atoms with Crippen LogP contribution in [0, 0.1) is 0 Å². The number of carbonyl (C=O) groups is 3. The van der Waals surface area contributed by atoms with Crippen LogP contribution in [0.3, 0.4) is 0 Å². The predicted molar refractivity (Wildman–Crippen MR) is 68.4 cm³/mol. The van der Waals surface area contributed by atoms with Crippen molar-refractivity contribution >= 4 is 17.5 Å². The Morgan fingerprint density at radius 3 is 2.90 bits per heavy atom. The highest BCUT2D eigenvalue weighted by Gasteiger charge is 2.35. The molecule has 1 aliphatic heterocycles. The maximum atomic E-state index is 12.2. The normalized spacial score (nSPS) is 21.1. The van der Waals surface area contributed by atoms with Gasteiger partial charge < -0.3 is 9.30 Å². The molecule has 0 saturated carbocycles. The van der Waals surface area contributed by atoms with Crippen LogP contribution >= 0.6 is 0 Å². The van der Waals surface area contributed by atoms with Crippen molar-refractivity contribution in [2.24, 2.45) is 0 Å². The van der Waals surface area contributed by atoms with E-state index in [0.717, 1.165) is 6.42 Å². The molecule has 0 saturated heterocycles. The fourth-order valence-corrected chi connectivity index (χ4v) is 2.74. The standard InChI is InChI=1S/C14H14N2O4/c1-7-6-9(18)11-12(13(7)19)16-5-3-4-10(14(16)15-11)20-8(2)17/h6,10H,3-5H2,1-2H3. The second kappa shape index (κ2) is 4.40. The molecule has 3 rings (SSSR count). The first-order valence-electron chi connectivity index (χ1n) is 6.54. The van der Waals surface area contributed by atoms with Gasteiger partial charge in [-0.25, -0.2) is 4.98 Å². The zero-order valence-electron chi connectivity index (χ0n) is 11.3. The summed E-state index contributed by atoms with van der Waals surface area (Å²) in [6, 6.07) is 0. The number of rotatable bonds is 1. The number of carbonyl (C=O) groups excluding carboxylic acids is 3. The maximum absolute atomic E-state index is 12.2. The van der Waals surface area contributed by atoms with Gasteiger partial charge in [0.1, 0.15) is 11.4 Å². The molecule has 20 heavy (non-hydrogen) atoms. The van der Waals surface area contributed by atoms with Crippen LogP contribution in [0.2, 0.25) is 0 Å². The molecule has 104 valence electrons. The molecule has 0 radical (unpaired) electrons. The molecule has 1 unspecified atom stereocenters. The van der Waals surface area contributed by atoms with Gasteiger partial charge in [-0.1, -0.05) is 0 Å². The molecule has 6 nitrogen and oxygen atoms in total. The smallest absolute Gasteiger partial charge is 0.303 e. The number of ether oxygens (including phenoxy) is 1. The molecular weight excluding hydrogens is 260 g/mol. The fraction of sp³-hybridized carbons (Fsp3) is 0.429. The van der Waals surface area contributed by atoms with Crippen LogP contribution in [0.15, 0.2) is 11.6 Å². The summed E-state index contributed by atoms with van der Waals surface area (Å²) in [5.74, 6) is -0.333. The largest absolute Gasteiger partial charge is 0.454 e. The zero-order chi connectivity index (χ0) is 14.4. The van der Waals surface area contributed by atoms with Gasteiger partial charge in [0.2, 0.25) is 11.6 Å². The van der Waals surface area contributed by atoms with Crippen LogP contribution in [0.25, 0.3) is 0 Å². The molecule has 0 N–H and O–H groups in total. The van der Waals surface area contributed by atoms with E-state index in [0.29, 0.717) is 30.1 Å². The van der Waals surface area contributed by atoms with Gasteiger partial charge in [0, 0.05) is 19.0 Å². The van der Waals surface area contributed by atoms with Crippen LogP contribution in [0.4, 0.5) is 0 Å². The number of Topliss-reactive ketones (excluding diaryl/α,β-unsaturated/α-hetero) is 1. The molecule has 2 heterocycles. The Kier molecular flexibility index (Phi) is 2.81. The van der Waals surface area contributed by atoms with E-state index in [2.05, 4.69) is 4.98 Å². The summed E-state index contributed by atoms with van der Waals surface area (Å²) in [4.78, 5) is 39.6. The van der Waals surface area contributed by atoms with Crippen LogP contribution in [-0.2, 0) is 16.1 Å². The second-order valence-electron chi connectivity index (χ2n) is 5.08. The summed E-state index contributed by atoms with van der Waals surface area (Å²) in [6.45, 7) is 3.57. The van der Waals surface area contributed by atoms with Crippen molar-refractivity contribution < 1.29 is 19.1 Å². The van der Waals surface area contributed by atoms with Gasteiger partial charge in [0.15, 0.2) is 11.9 Å². The predicted octanol–water partition coefficient (Wildman–Crippen LogP) is 1.61. The summed E-state index contributed by atoms with van der Waals surface area (Å²) in [5.41, 5.74) is 0.927. The Labute approximate surface area is 115 Å². The molecule has 1 atom stereocenters. The molecule has 0 amide bonds. The number of hydrogen-bond acceptors (Lipinski definition) is 5. The number of ketones is 2. The van der Waals surface area contributed by atoms with Crippen molar-refractivity contribution in [2.45, 2.75) is 39.3 Å². The van der Waals surface area contributed by atoms with E-state index in [1.165, 1.54) is 13.0 Å². The summed E-state index contributed by atoms with van der Waals surface area (Å²) < 4.78 is 6.96. The third-order valence-electron chi connectivity index (χ3n) is 3.60. The molecule has 1 aliphatic carbocycles. The van der Waals surface area contributed by atoms with E-state index >= 15 is 0 Å². The first-order valence-corrected chi connectivity index (χ1v) is 6.54. The Bertz CT molecular complexity index is 669. The third-order valence-corrected chi connectivity index (χ3v) is 3.60. The van der Waals surface area contributed by atoms with E-state index < -0.39 is 12.1 Å². The lowest BCUT2D eigenvalue weighted by atomic mass is 9.98. The number of hydrogen-bond donors (Lipinski definition) is 0. The number of nitrogens with zero attached hydrogens (tertiary/aromatic N) is 2. The maximum Gasteiger partial charge on any atom is 0.303 e. The Balaban J connectivity index is 2.12. The lowest BCUT2D eigenvalue weighted by Crippen LogP contribution is -2.24. The summed E-state index contributed by atoms with van der Waals surface area (Å²) in [6.07, 6.45) is 2.26. The van der Waals surface area contributed by atoms with Crippen molar-refractivity contribution in [3.63, 3.8) is 0 Å². The molecule has 1 aromatic rings. The highest BCUT2D eigenvalue weighted by molar-refractivity contribution is 6.22. The summed E-state index contributed by atoms with van der Waals surface area (Å²) in [7, 11) is 0. The molecule has 0 fully saturated rings. The number of fused-ring (bicyclic) bond motifs is 3. The van der Waals surface area contributed by atoms with Gasteiger partial charge in [0.05, 0.1) is 0 Å². The van der Waals surface area contributed by atoms with Crippen molar-refractivity contribution in [3.05, 3.63) is 28.9 Å². The van der Waals surface area contributed by atoms with Gasteiger partial charge >= 0.3 is 5.97 Å². The van der Waals surface area contributed by atoms with E-state index in [-0.39, 0.29) is 17.3 Å². The molecular formula is C14H14N2O4. The molecule has 0 spiro atoms. The topological polar surface area (TPSA) is 78.3 Å². The summed E-state index contributed by atoms with van der Waals surface area (Å²) in [5, 5.41) is 0. The van der Waals surface area contributed by atoms with E-state index in [9.17, 15) is 14.4 Å². The second-order valence-corrected chi connectivity index (χ2v) is 5.08. The van der Waals surface area contributed by atoms with Crippen LogP contribution in [0.1, 0.15) is 59.6 Å². The summed E-state index contributed by atoms with van der Waals surface area (Å²) >= 11 is 0. The minimum absolute atomic E-state index is 0.176. The van der Waals surface area contributed by atoms with Crippen molar-refractivity contribution in [1.29, 1.82) is 0 Å². The van der Waals surface area contributed by atoms with E-state index in [4.69, 9.17) is 4.74 Å². The lowest BCUT2D eigenvalue weighted by molar-refractivity contribution is -0.148. The SMILES string of the molecule is CC(=O)OC1CCCn2c1nc1c2C(=O)C(C)=CC1=O. The molecule has 2 aliphatic rings. The average molecular weight is 274 g/mol. The van der Waals surface area contributed by atoms with Crippen LogP contribution in [-0.4, -0.2) is 27.1 Å². The number of imidazole rings is 1. The third kappa shape index (κ3) is 1.79. The Morgan fingerprint density at radius 2 is 2.20 bits per heavy atom. The highest BCUT2D eigenvalue weighted by Crippen LogP contribution is 2.32. The minimum atomic E-state index is -0.479. The van der Waals surface area contributed by atoms with Crippen LogP contribution in [0.5, 0.6) is 0 Å². The first-order chi connectivity index (χ1) is 9.49. The average Bonchev–Trinajstić information content (AvgIpc) is 2.77. The Hall–Kier alpha value is -2.24. The van der Waals surface area contributed by atoms with Gasteiger partial charge in [-0.2, -0.15) is 0 Å². The van der Waals surface area contributed by atoms with Gasteiger partial charge in [-0.05, 0) is 25.8 Å². The number of aromatic nitrogens is 2. The van der Waals surface area contributed by atoms with Crippen LogP contribution < -0.4 is 0 Å². The van der Waals surface area contributed by atoms with Gasteiger partial charge in [-0.15, -0.1) is 0 Å². The van der Waals surface area contributed by atoms with Crippen molar-refractivity contribution in [2.75, 3.05) is 0 Å². The van der Waals surface area contributed by atoms with Gasteiger partial charge in [0.25, 0.3) is 0 Å². The van der Waals surface area contributed by atoms with Gasteiger partial charge in [-0.3, -0.25) is 14.4 Å². The van der Waals surface area contributed by atoms with E-state index in [1.54, 1.807) is 11.5 Å². The van der Waals surface area contributed by atoms with E-state index in [1.807, 2.05) is 0 Å².